The summed E-state index contributed by atoms with van der Waals surface area (Å²) in [5.41, 5.74) is 4.27. The molecule has 3 nitrogen and oxygen atoms in total. The highest BCUT2D eigenvalue weighted by Crippen LogP contribution is 2.16. The van der Waals surface area contributed by atoms with E-state index in [1.165, 1.54) is 11.1 Å². The molecule has 21 heavy (non-hydrogen) atoms. The summed E-state index contributed by atoms with van der Waals surface area (Å²) in [5.74, 6) is -0.0121. The van der Waals surface area contributed by atoms with Crippen molar-refractivity contribution in [3.05, 3.63) is 59.7 Å². The van der Waals surface area contributed by atoms with Gasteiger partial charge in [-0.3, -0.25) is 4.79 Å². The molecule has 0 saturated heterocycles. The van der Waals surface area contributed by atoms with Crippen LogP contribution >= 0.6 is 0 Å². The molecule has 0 radical (unpaired) electrons. The molecule has 1 atom stereocenters. The topological polar surface area (TPSA) is 41.1 Å². The second-order valence-corrected chi connectivity index (χ2v) is 5.26. The molecule has 0 heterocycles. The molecule has 0 fully saturated rings. The lowest BCUT2D eigenvalue weighted by Gasteiger charge is -2.18. The molecule has 3 heteroatoms. The summed E-state index contributed by atoms with van der Waals surface area (Å²) in [7, 11) is 0. The summed E-state index contributed by atoms with van der Waals surface area (Å²) < 4.78 is 0. The van der Waals surface area contributed by atoms with E-state index < -0.39 is 0 Å². The zero-order chi connectivity index (χ0) is 15.2. The summed E-state index contributed by atoms with van der Waals surface area (Å²) >= 11 is 0. The van der Waals surface area contributed by atoms with Crippen LogP contribution in [0.15, 0.2) is 48.5 Å². The van der Waals surface area contributed by atoms with Gasteiger partial charge < -0.3 is 10.6 Å². The predicted molar refractivity (Wildman–Crippen MR) is 88.7 cm³/mol. The Morgan fingerprint density at radius 1 is 1.00 bits per heavy atom. The zero-order valence-electron chi connectivity index (χ0n) is 12.8. The first-order valence-corrected chi connectivity index (χ1v) is 7.30. The fraction of sp³-hybridized carbons (Fsp3) is 0.278. The maximum absolute atomic E-state index is 12.3. The van der Waals surface area contributed by atoms with Gasteiger partial charge >= 0.3 is 0 Å². The van der Waals surface area contributed by atoms with E-state index in [9.17, 15) is 4.79 Å². The third-order valence-electron chi connectivity index (χ3n) is 3.61. The Hall–Kier alpha value is -2.29. The van der Waals surface area contributed by atoms with E-state index in [1.54, 1.807) is 0 Å². The number of aryl methyl sites for hydroxylation is 2. The van der Waals surface area contributed by atoms with Crippen molar-refractivity contribution in [2.24, 2.45) is 0 Å². The quantitative estimate of drug-likeness (QED) is 0.865. The normalized spacial score (nSPS) is 11.8. The van der Waals surface area contributed by atoms with Gasteiger partial charge in [-0.05, 0) is 55.7 Å². The van der Waals surface area contributed by atoms with Crippen LogP contribution in [0.2, 0.25) is 0 Å². The number of anilines is 2. The number of carbonyl (C=O) groups excluding carboxylic acids is 1. The first kappa shape index (κ1) is 15.1. The van der Waals surface area contributed by atoms with Gasteiger partial charge in [0, 0.05) is 11.4 Å². The third kappa shape index (κ3) is 4.09. The average Bonchev–Trinajstić information content (AvgIpc) is 2.49. The van der Waals surface area contributed by atoms with Crippen LogP contribution in [-0.2, 0) is 4.79 Å². The summed E-state index contributed by atoms with van der Waals surface area (Å²) in [4.78, 5) is 12.3. The predicted octanol–water partition coefficient (Wildman–Crippen LogP) is 4.13. The van der Waals surface area contributed by atoms with Gasteiger partial charge in [-0.1, -0.05) is 31.2 Å². The third-order valence-corrected chi connectivity index (χ3v) is 3.61. The Bertz CT molecular complexity index is 608. The monoisotopic (exact) mass is 282 g/mol. The van der Waals surface area contributed by atoms with E-state index in [0.717, 1.165) is 17.8 Å². The molecular weight excluding hydrogens is 260 g/mol. The van der Waals surface area contributed by atoms with E-state index in [2.05, 4.69) is 36.6 Å². The van der Waals surface area contributed by atoms with Gasteiger partial charge in [-0.25, -0.2) is 0 Å². The molecule has 0 bridgehead atoms. The van der Waals surface area contributed by atoms with E-state index in [-0.39, 0.29) is 11.9 Å². The van der Waals surface area contributed by atoms with Gasteiger partial charge in [0.1, 0.15) is 6.04 Å². The summed E-state index contributed by atoms with van der Waals surface area (Å²) in [6.45, 7) is 6.16. The highest BCUT2D eigenvalue weighted by atomic mass is 16.2. The number of benzene rings is 2. The highest BCUT2D eigenvalue weighted by Gasteiger charge is 2.16. The summed E-state index contributed by atoms with van der Waals surface area (Å²) in [5, 5.41) is 6.24. The van der Waals surface area contributed by atoms with Gasteiger partial charge in [-0.2, -0.15) is 0 Å². The number of para-hydroxylation sites is 1. The van der Waals surface area contributed by atoms with Crippen LogP contribution in [0.1, 0.15) is 24.5 Å². The first-order valence-electron chi connectivity index (χ1n) is 7.30. The van der Waals surface area contributed by atoms with E-state index in [0.29, 0.717) is 0 Å². The summed E-state index contributed by atoms with van der Waals surface area (Å²) in [6.07, 6.45) is 0.728. The van der Waals surface area contributed by atoms with Gasteiger partial charge in [0.05, 0.1) is 0 Å². The average molecular weight is 282 g/mol. The molecule has 2 aromatic carbocycles. The van der Waals surface area contributed by atoms with Crippen LogP contribution < -0.4 is 10.6 Å². The maximum atomic E-state index is 12.3. The maximum Gasteiger partial charge on any atom is 0.246 e. The Kier molecular flexibility index (Phi) is 4.99. The molecular formula is C18H22N2O. The Labute approximate surface area is 126 Å². The Morgan fingerprint density at radius 2 is 1.71 bits per heavy atom. The van der Waals surface area contributed by atoms with E-state index >= 15 is 0 Å². The molecule has 0 aliphatic heterocycles. The summed E-state index contributed by atoms with van der Waals surface area (Å²) in [6, 6.07) is 15.4. The molecule has 2 aromatic rings. The van der Waals surface area contributed by atoms with Crippen molar-refractivity contribution in [2.45, 2.75) is 33.2 Å². The van der Waals surface area contributed by atoms with E-state index in [4.69, 9.17) is 0 Å². The molecule has 0 aromatic heterocycles. The van der Waals surface area contributed by atoms with Crippen molar-refractivity contribution in [1.82, 2.24) is 0 Å². The minimum atomic E-state index is -0.243. The molecule has 2 rings (SSSR count). The van der Waals surface area contributed by atoms with Gasteiger partial charge in [0.15, 0.2) is 0 Å². The highest BCUT2D eigenvalue weighted by molar-refractivity contribution is 5.96. The van der Waals surface area contributed by atoms with Gasteiger partial charge in [0.2, 0.25) is 5.91 Å². The SMILES string of the molecule is CC[C@@H](Nc1ccc(C)c(C)c1)C(=O)Nc1ccccc1. The van der Waals surface area contributed by atoms with Gasteiger partial charge in [-0.15, -0.1) is 0 Å². The molecule has 110 valence electrons. The van der Waals surface area contributed by atoms with Crippen LogP contribution in [0.4, 0.5) is 11.4 Å². The molecule has 0 aliphatic carbocycles. The fourth-order valence-corrected chi connectivity index (χ4v) is 2.14. The van der Waals surface area contributed by atoms with Crippen LogP contribution in [0.5, 0.6) is 0 Å². The number of hydrogen-bond donors (Lipinski definition) is 2. The molecule has 0 unspecified atom stereocenters. The second kappa shape index (κ2) is 6.93. The van der Waals surface area contributed by atoms with E-state index in [1.807, 2.05) is 43.3 Å². The standard InChI is InChI=1S/C18H22N2O/c1-4-17(18(21)20-15-8-6-5-7-9-15)19-16-11-10-13(2)14(3)12-16/h5-12,17,19H,4H2,1-3H3,(H,20,21)/t17-/m1/s1. The Balaban J connectivity index is 2.05. The molecule has 0 saturated carbocycles. The fourth-order valence-electron chi connectivity index (χ4n) is 2.14. The molecule has 0 aliphatic rings. The van der Waals surface area contributed by atoms with Crippen LogP contribution in [0, 0.1) is 13.8 Å². The minimum absolute atomic E-state index is 0.0121. The minimum Gasteiger partial charge on any atom is -0.374 e. The van der Waals surface area contributed by atoms with Crippen molar-refractivity contribution < 1.29 is 4.79 Å². The van der Waals surface area contributed by atoms with Gasteiger partial charge in [0.25, 0.3) is 0 Å². The number of nitrogens with one attached hydrogen (secondary N) is 2. The van der Waals surface area contributed by atoms with Crippen molar-refractivity contribution in [3.63, 3.8) is 0 Å². The van der Waals surface area contributed by atoms with Crippen molar-refractivity contribution in [1.29, 1.82) is 0 Å². The first-order chi connectivity index (χ1) is 10.1. The van der Waals surface area contributed by atoms with Crippen molar-refractivity contribution >= 4 is 17.3 Å². The number of rotatable bonds is 5. The lowest BCUT2D eigenvalue weighted by Crippen LogP contribution is -2.34. The van der Waals surface area contributed by atoms with Crippen LogP contribution in [0.3, 0.4) is 0 Å². The molecule has 1 amide bonds. The lowest BCUT2D eigenvalue weighted by molar-refractivity contribution is -0.116. The van der Waals surface area contributed by atoms with Crippen LogP contribution in [-0.4, -0.2) is 11.9 Å². The number of hydrogen-bond acceptors (Lipinski definition) is 2. The Morgan fingerprint density at radius 3 is 2.33 bits per heavy atom. The van der Waals surface area contributed by atoms with Crippen molar-refractivity contribution in [2.75, 3.05) is 10.6 Å². The largest absolute Gasteiger partial charge is 0.374 e. The molecule has 0 spiro atoms. The number of amides is 1. The van der Waals surface area contributed by atoms with Crippen LogP contribution in [0.25, 0.3) is 0 Å². The van der Waals surface area contributed by atoms with Crippen molar-refractivity contribution in [3.8, 4) is 0 Å². The second-order valence-electron chi connectivity index (χ2n) is 5.26. The number of carbonyl (C=O) groups is 1. The smallest absolute Gasteiger partial charge is 0.246 e. The lowest BCUT2D eigenvalue weighted by atomic mass is 10.1. The zero-order valence-corrected chi connectivity index (χ0v) is 12.8. The molecule has 2 N–H and O–H groups in total.